The van der Waals surface area contributed by atoms with E-state index in [0.29, 0.717) is 59.0 Å². The van der Waals surface area contributed by atoms with E-state index in [9.17, 15) is 31.0 Å². The molecule has 9 nitrogen and oxygen atoms in total. The van der Waals surface area contributed by atoms with Crippen LogP contribution in [0.5, 0.6) is 0 Å². The molecular formula is C37H37ClN2O7S2. The first kappa shape index (κ1) is 36.1. The van der Waals surface area contributed by atoms with E-state index in [0.717, 1.165) is 11.4 Å². The largest absolute Gasteiger partial charge is 0.376 e. The molecule has 256 valence electrons. The standard InChI is InChI=1S/C37H37ClN2O7S2/c1-3-39(25-27-7-5-9-35(23-27)48(42,43)44)33-19-13-30(14-20-33)37(41,29-11-17-32(38)18-12-29)31-15-21-34(22-16-31)40(4-2)26-28-8-6-10-36(24-28)49(45,46)47/h5-24,41H,3-4,25-26H2,1-2H3,(H,42,43,44)(H,45,46,47). The van der Waals surface area contributed by atoms with E-state index in [1.54, 1.807) is 48.5 Å². The van der Waals surface area contributed by atoms with E-state index >= 15 is 0 Å². The molecule has 0 fully saturated rings. The van der Waals surface area contributed by atoms with Crippen LogP contribution in [0.15, 0.2) is 131 Å². The summed E-state index contributed by atoms with van der Waals surface area (Å²) in [5, 5.41) is 13.1. The monoisotopic (exact) mass is 720 g/mol. The quantitative estimate of drug-likeness (QED) is 0.0855. The molecule has 49 heavy (non-hydrogen) atoms. The van der Waals surface area contributed by atoms with Crippen molar-refractivity contribution in [3.8, 4) is 0 Å². The summed E-state index contributed by atoms with van der Waals surface area (Å²) in [6.07, 6.45) is 0. The number of benzene rings is 5. The maximum atomic E-state index is 12.5. The lowest BCUT2D eigenvalue weighted by atomic mass is 9.80. The molecule has 0 aliphatic carbocycles. The Morgan fingerprint density at radius 2 is 0.918 bits per heavy atom. The molecule has 0 saturated carbocycles. The van der Waals surface area contributed by atoms with E-state index in [-0.39, 0.29) is 9.79 Å². The average Bonchev–Trinajstić information content (AvgIpc) is 3.09. The molecule has 5 aromatic carbocycles. The van der Waals surface area contributed by atoms with Crippen LogP contribution in [0.3, 0.4) is 0 Å². The number of rotatable bonds is 13. The van der Waals surface area contributed by atoms with Crippen molar-refractivity contribution in [2.45, 2.75) is 42.3 Å². The van der Waals surface area contributed by atoms with Gasteiger partial charge in [0.1, 0.15) is 5.60 Å². The molecule has 0 amide bonds. The lowest BCUT2D eigenvalue weighted by Gasteiger charge is -2.32. The van der Waals surface area contributed by atoms with Crippen LogP contribution in [-0.2, 0) is 38.9 Å². The van der Waals surface area contributed by atoms with E-state index in [1.165, 1.54) is 24.3 Å². The Morgan fingerprint density at radius 3 is 1.24 bits per heavy atom. The van der Waals surface area contributed by atoms with Gasteiger partial charge in [-0.2, -0.15) is 16.8 Å². The molecule has 12 heteroatoms. The lowest BCUT2D eigenvalue weighted by molar-refractivity contribution is 0.126. The Balaban J connectivity index is 1.45. The molecule has 0 bridgehead atoms. The smallest absolute Gasteiger partial charge is 0.294 e. The molecule has 3 N–H and O–H groups in total. The molecular weight excluding hydrogens is 684 g/mol. The fourth-order valence-electron chi connectivity index (χ4n) is 5.84. The van der Waals surface area contributed by atoms with Gasteiger partial charge in [0.2, 0.25) is 0 Å². The number of halogens is 1. The minimum atomic E-state index is -4.33. The van der Waals surface area contributed by atoms with Crippen molar-refractivity contribution in [3.63, 3.8) is 0 Å². The van der Waals surface area contributed by atoms with E-state index in [4.69, 9.17) is 11.6 Å². The Kier molecular flexibility index (Phi) is 10.8. The predicted molar refractivity (Wildman–Crippen MR) is 192 cm³/mol. The van der Waals surface area contributed by atoms with Crippen molar-refractivity contribution >= 4 is 43.2 Å². The zero-order chi connectivity index (χ0) is 35.4. The molecule has 0 aliphatic heterocycles. The highest BCUT2D eigenvalue weighted by Crippen LogP contribution is 2.39. The van der Waals surface area contributed by atoms with E-state index in [2.05, 4.69) is 0 Å². The number of nitrogens with zero attached hydrogens (tertiary/aromatic N) is 2. The third-order valence-corrected chi connectivity index (χ3v) is 10.4. The summed E-state index contributed by atoms with van der Waals surface area (Å²) in [5.41, 5.74) is 3.43. The summed E-state index contributed by atoms with van der Waals surface area (Å²) in [7, 11) is -8.65. The van der Waals surface area contributed by atoms with Crippen molar-refractivity contribution in [2.75, 3.05) is 22.9 Å². The first-order valence-corrected chi connectivity index (χ1v) is 18.8. The van der Waals surface area contributed by atoms with Gasteiger partial charge in [0.25, 0.3) is 20.2 Å². The highest BCUT2D eigenvalue weighted by Gasteiger charge is 2.34. The van der Waals surface area contributed by atoms with Gasteiger partial charge < -0.3 is 14.9 Å². The van der Waals surface area contributed by atoms with Crippen LogP contribution < -0.4 is 9.80 Å². The van der Waals surface area contributed by atoms with E-state index < -0.39 is 25.8 Å². The van der Waals surface area contributed by atoms with Gasteiger partial charge in [-0.25, -0.2) is 0 Å². The van der Waals surface area contributed by atoms with Gasteiger partial charge in [-0.1, -0.05) is 72.3 Å². The first-order valence-electron chi connectivity index (χ1n) is 15.5. The topological polar surface area (TPSA) is 135 Å². The Hall–Kier alpha value is -4.23. The maximum absolute atomic E-state index is 12.5. The van der Waals surface area contributed by atoms with Crippen LogP contribution in [0.1, 0.15) is 41.7 Å². The highest BCUT2D eigenvalue weighted by molar-refractivity contribution is 7.86. The summed E-state index contributed by atoms with van der Waals surface area (Å²) >= 11 is 6.21. The molecule has 5 rings (SSSR count). The SMILES string of the molecule is CCN(Cc1cccc(S(=O)(=O)O)c1)c1ccc(C(O)(c2ccc(Cl)cc2)c2ccc(N(CC)Cc3cccc(S(=O)(=O)O)c3)cc2)cc1. The maximum Gasteiger partial charge on any atom is 0.294 e. The molecule has 0 atom stereocenters. The summed E-state index contributed by atoms with van der Waals surface area (Å²) in [4.78, 5) is 3.77. The molecule has 0 unspecified atom stereocenters. The van der Waals surface area contributed by atoms with Crippen molar-refractivity contribution in [1.82, 2.24) is 0 Å². The van der Waals surface area contributed by atoms with Crippen molar-refractivity contribution < 1.29 is 31.0 Å². The van der Waals surface area contributed by atoms with Crippen molar-refractivity contribution in [1.29, 1.82) is 0 Å². The Labute approximate surface area is 292 Å². The molecule has 0 spiro atoms. The van der Waals surface area contributed by atoms with Gasteiger partial charge >= 0.3 is 0 Å². The van der Waals surface area contributed by atoms with E-state index in [1.807, 2.05) is 72.2 Å². The second-order valence-corrected chi connectivity index (χ2v) is 14.9. The van der Waals surface area contributed by atoms with Crippen molar-refractivity contribution in [3.05, 3.63) is 154 Å². The van der Waals surface area contributed by atoms with Crippen LogP contribution in [0, 0.1) is 0 Å². The molecule has 0 aliphatic rings. The lowest BCUT2D eigenvalue weighted by Crippen LogP contribution is -2.29. The number of hydrogen-bond donors (Lipinski definition) is 3. The summed E-state index contributed by atoms with van der Waals surface area (Å²) in [6.45, 7) is 6.00. The van der Waals surface area contributed by atoms with Crippen LogP contribution in [-0.4, -0.2) is 44.1 Å². The van der Waals surface area contributed by atoms with Crippen LogP contribution >= 0.6 is 11.6 Å². The highest BCUT2D eigenvalue weighted by atomic mass is 35.5. The zero-order valence-corrected chi connectivity index (χ0v) is 29.3. The minimum Gasteiger partial charge on any atom is -0.376 e. The summed E-state index contributed by atoms with van der Waals surface area (Å²) < 4.78 is 65.6. The minimum absolute atomic E-state index is 0.163. The van der Waals surface area contributed by atoms with Crippen LogP contribution in [0.4, 0.5) is 11.4 Å². The fourth-order valence-corrected chi connectivity index (χ4v) is 7.07. The number of anilines is 2. The fraction of sp³-hybridized carbons (Fsp3) is 0.189. The van der Waals surface area contributed by atoms with Gasteiger partial charge in [-0.15, -0.1) is 0 Å². The van der Waals surface area contributed by atoms with Gasteiger partial charge in [0.15, 0.2) is 0 Å². The molecule has 0 aromatic heterocycles. The summed E-state index contributed by atoms with van der Waals surface area (Å²) in [5.74, 6) is 0. The third-order valence-electron chi connectivity index (χ3n) is 8.47. The average molecular weight is 721 g/mol. The second kappa shape index (κ2) is 14.7. The molecule has 0 heterocycles. The summed E-state index contributed by atoms with van der Waals surface area (Å²) in [6, 6.07) is 34.4. The van der Waals surface area contributed by atoms with Crippen LogP contribution in [0.25, 0.3) is 0 Å². The van der Waals surface area contributed by atoms with Gasteiger partial charge in [0.05, 0.1) is 9.79 Å². The third kappa shape index (κ3) is 8.33. The first-order chi connectivity index (χ1) is 23.2. The number of aliphatic hydroxyl groups is 1. The molecule has 0 saturated heterocycles. The van der Waals surface area contributed by atoms with Crippen molar-refractivity contribution in [2.24, 2.45) is 0 Å². The second-order valence-electron chi connectivity index (χ2n) is 11.6. The predicted octanol–water partition coefficient (Wildman–Crippen LogP) is 7.17. The van der Waals surface area contributed by atoms with Gasteiger partial charge in [-0.3, -0.25) is 9.11 Å². The van der Waals surface area contributed by atoms with Gasteiger partial charge in [-0.05, 0) is 102 Å². The van der Waals surface area contributed by atoms with Crippen LogP contribution in [0.2, 0.25) is 5.02 Å². The molecule has 0 radical (unpaired) electrons. The Morgan fingerprint density at radius 1 is 0.571 bits per heavy atom. The Bertz CT molecular complexity index is 1990. The zero-order valence-electron chi connectivity index (χ0n) is 26.9. The molecule has 5 aromatic rings. The number of hydrogen-bond acceptors (Lipinski definition) is 7. The van der Waals surface area contributed by atoms with Gasteiger partial charge in [0, 0.05) is 42.6 Å². The normalized spacial score (nSPS) is 12.1.